The molecule has 0 bridgehead atoms. The molecule has 24 heavy (non-hydrogen) atoms. The second-order valence-electron chi connectivity index (χ2n) is 5.73. The van der Waals surface area contributed by atoms with Gasteiger partial charge in [-0.15, -0.1) is 0 Å². The Morgan fingerprint density at radius 1 is 0.958 bits per heavy atom. The summed E-state index contributed by atoms with van der Waals surface area (Å²) >= 11 is 0. The second kappa shape index (κ2) is 6.85. The van der Waals surface area contributed by atoms with Crippen LogP contribution in [-0.2, 0) is 15.1 Å². The number of carbonyl (C=O) groups is 1. The molecule has 0 amide bonds. The topological polar surface area (TPSA) is 46.5 Å². The van der Waals surface area contributed by atoms with E-state index in [0.29, 0.717) is 17.7 Å². The number of fused-ring (bicyclic) bond motifs is 1. The first kappa shape index (κ1) is 16.2. The van der Waals surface area contributed by atoms with Crippen LogP contribution in [0.25, 0.3) is 10.8 Å². The van der Waals surface area contributed by atoms with Crippen LogP contribution in [0.2, 0.25) is 0 Å². The first-order valence-electron chi connectivity index (χ1n) is 8.07. The number of ether oxygens (including phenoxy) is 1. The summed E-state index contributed by atoms with van der Waals surface area (Å²) in [6, 6.07) is 22.9. The molecule has 0 saturated carbocycles. The Hall–Kier alpha value is -2.65. The van der Waals surface area contributed by atoms with Gasteiger partial charge in [-0.2, -0.15) is 0 Å². The molecule has 122 valence electrons. The molecule has 0 aliphatic carbocycles. The smallest absolute Gasteiger partial charge is 0.309 e. The lowest BCUT2D eigenvalue weighted by atomic mass is 9.81. The third-order valence-electron chi connectivity index (χ3n) is 4.19. The van der Waals surface area contributed by atoms with Crippen LogP contribution in [0.15, 0.2) is 72.8 Å². The van der Waals surface area contributed by atoms with Crippen molar-refractivity contribution < 1.29 is 14.6 Å². The van der Waals surface area contributed by atoms with Crippen molar-refractivity contribution in [2.75, 3.05) is 6.61 Å². The van der Waals surface area contributed by atoms with Gasteiger partial charge in [0.1, 0.15) is 5.60 Å². The molecule has 0 aliphatic rings. The van der Waals surface area contributed by atoms with Crippen molar-refractivity contribution in [2.24, 2.45) is 0 Å². The summed E-state index contributed by atoms with van der Waals surface area (Å²) in [5.41, 5.74) is -0.0526. The molecule has 0 aromatic heterocycles. The molecule has 3 nitrogen and oxygen atoms in total. The average Bonchev–Trinajstić information content (AvgIpc) is 2.62. The minimum atomic E-state index is -1.44. The van der Waals surface area contributed by atoms with Crippen molar-refractivity contribution in [1.82, 2.24) is 0 Å². The maximum Gasteiger partial charge on any atom is 0.309 e. The third kappa shape index (κ3) is 3.03. The molecule has 0 saturated heterocycles. The van der Waals surface area contributed by atoms with Crippen molar-refractivity contribution in [3.8, 4) is 0 Å². The second-order valence-corrected chi connectivity index (χ2v) is 5.73. The highest BCUT2D eigenvalue weighted by atomic mass is 16.5. The van der Waals surface area contributed by atoms with Gasteiger partial charge in [-0.05, 0) is 28.8 Å². The van der Waals surface area contributed by atoms with Crippen LogP contribution >= 0.6 is 0 Å². The average molecular weight is 320 g/mol. The predicted octanol–water partition coefficient (Wildman–Crippen LogP) is 4.03. The van der Waals surface area contributed by atoms with Crippen LogP contribution in [0.5, 0.6) is 0 Å². The first-order chi connectivity index (χ1) is 11.6. The minimum absolute atomic E-state index is 0.126. The van der Waals surface area contributed by atoms with Crippen LogP contribution in [0, 0.1) is 0 Å². The van der Waals surface area contributed by atoms with Gasteiger partial charge in [-0.1, -0.05) is 72.8 Å². The van der Waals surface area contributed by atoms with E-state index in [0.717, 1.165) is 10.8 Å². The van der Waals surface area contributed by atoms with Gasteiger partial charge in [0.15, 0.2) is 0 Å². The van der Waals surface area contributed by atoms with E-state index in [2.05, 4.69) is 0 Å². The zero-order valence-electron chi connectivity index (χ0n) is 13.6. The van der Waals surface area contributed by atoms with E-state index in [1.807, 2.05) is 72.8 Å². The van der Waals surface area contributed by atoms with Crippen molar-refractivity contribution in [3.05, 3.63) is 83.9 Å². The number of esters is 1. The van der Waals surface area contributed by atoms with E-state index in [9.17, 15) is 9.90 Å². The quantitative estimate of drug-likeness (QED) is 0.722. The first-order valence-corrected chi connectivity index (χ1v) is 8.07. The normalized spacial score (nSPS) is 13.4. The summed E-state index contributed by atoms with van der Waals surface area (Å²) < 4.78 is 5.09. The van der Waals surface area contributed by atoms with E-state index in [-0.39, 0.29) is 6.42 Å². The SMILES string of the molecule is CCOC(=O)CC(O)(c1ccccc1)c1cccc2ccccc12. The number of hydrogen-bond donors (Lipinski definition) is 1. The Morgan fingerprint density at radius 3 is 2.38 bits per heavy atom. The summed E-state index contributed by atoms with van der Waals surface area (Å²) in [6.45, 7) is 2.05. The van der Waals surface area contributed by atoms with Crippen molar-refractivity contribution in [1.29, 1.82) is 0 Å². The van der Waals surface area contributed by atoms with Crippen molar-refractivity contribution >= 4 is 16.7 Å². The highest BCUT2D eigenvalue weighted by molar-refractivity contribution is 5.88. The molecule has 0 spiro atoms. The van der Waals surface area contributed by atoms with Gasteiger partial charge in [0.25, 0.3) is 0 Å². The molecule has 3 rings (SSSR count). The van der Waals surface area contributed by atoms with Crippen LogP contribution in [0.4, 0.5) is 0 Å². The monoisotopic (exact) mass is 320 g/mol. The Morgan fingerprint density at radius 2 is 1.62 bits per heavy atom. The highest BCUT2D eigenvalue weighted by Crippen LogP contribution is 2.37. The lowest BCUT2D eigenvalue weighted by molar-refractivity contribution is -0.147. The minimum Gasteiger partial charge on any atom is -0.466 e. The lowest BCUT2D eigenvalue weighted by Gasteiger charge is -2.29. The molecule has 0 fully saturated rings. The van der Waals surface area contributed by atoms with Crippen molar-refractivity contribution in [2.45, 2.75) is 18.9 Å². The van der Waals surface area contributed by atoms with E-state index < -0.39 is 11.6 Å². The fourth-order valence-electron chi connectivity index (χ4n) is 3.07. The van der Waals surface area contributed by atoms with Gasteiger partial charge in [0.2, 0.25) is 0 Å². The van der Waals surface area contributed by atoms with E-state index in [1.165, 1.54) is 0 Å². The van der Waals surface area contributed by atoms with E-state index in [4.69, 9.17) is 4.74 Å². The zero-order valence-corrected chi connectivity index (χ0v) is 13.6. The van der Waals surface area contributed by atoms with Crippen LogP contribution in [0.3, 0.4) is 0 Å². The molecule has 1 unspecified atom stereocenters. The molecule has 1 atom stereocenters. The van der Waals surface area contributed by atoms with Crippen LogP contribution in [0.1, 0.15) is 24.5 Å². The fraction of sp³-hybridized carbons (Fsp3) is 0.190. The molecule has 3 aromatic carbocycles. The molecule has 0 radical (unpaired) electrons. The van der Waals surface area contributed by atoms with Gasteiger partial charge in [0.05, 0.1) is 13.0 Å². The standard InChI is InChI=1S/C21H20O3/c1-2-24-20(22)15-21(23,17-11-4-3-5-12-17)19-14-8-10-16-9-6-7-13-18(16)19/h3-14,23H,2,15H2,1H3. The van der Waals surface area contributed by atoms with Gasteiger partial charge < -0.3 is 9.84 Å². The molecule has 1 N–H and O–H groups in total. The Labute approximate surface area is 141 Å². The summed E-state index contributed by atoms with van der Waals surface area (Å²) in [4.78, 5) is 12.2. The van der Waals surface area contributed by atoms with Gasteiger partial charge in [-0.25, -0.2) is 0 Å². The molecule has 0 heterocycles. The lowest BCUT2D eigenvalue weighted by Crippen LogP contribution is -2.31. The fourth-order valence-corrected chi connectivity index (χ4v) is 3.07. The Bertz CT molecular complexity index is 837. The van der Waals surface area contributed by atoms with E-state index >= 15 is 0 Å². The van der Waals surface area contributed by atoms with E-state index in [1.54, 1.807) is 6.92 Å². The predicted molar refractivity (Wildman–Crippen MR) is 94.6 cm³/mol. The number of hydrogen-bond acceptors (Lipinski definition) is 3. The van der Waals surface area contributed by atoms with Crippen LogP contribution in [-0.4, -0.2) is 17.7 Å². The number of carbonyl (C=O) groups excluding carboxylic acids is 1. The zero-order chi connectivity index (χ0) is 17.0. The third-order valence-corrected chi connectivity index (χ3v) is 4.19. The molecule has 3 aromatic rings. The number of aliphatic hydroxyl groups is 1. The summed E-state index contributed by atoms with van der Waals surface area (Å²) in [6.07, 6.45) is -0.126. The highest BCUT2D eigenvalue weighted by Gasteiger charge is 2.36. The number of rotatable bonds is 5. The van der Waals surface area contributed by atoms with Gasteiger partial charge in [0, 0.05) is 0 Å². The maximum atomic E-state index is 12.2. The van der Waals surface area contributed by atoms with Gasteiger partial charge in [-0.3, -0.25) is 4.79 Å². The number of benzene rings is 3. The van der Waals surface area contributed by atoms with Crippen molar-refractivity contribution in [3.63, 3.8) is 0 Å². The Kier molecular flexibility index (Phi) is 4.63. The molecular weight excluding hydrogens is 300 g/mol. The molecular formula is C21H20O3. The largest absolute Gasteiger partial charge is 0.466 e. The van der Waals surface area contributed by atoms with Gasteiger partial charge >= 0.3 is 5.97 Å². The summed E-state index contributed by atoms with van der Waals surface area (Å²) in [7, 11) is 0. The van der Waals surface area contributed by atoms with Crippen LogP contribution < -0.4 is 0 Å². The molecule has 3 heteroatoms. The summed E-state index contributed by atoms with van der Waals surface area (Å²) in [5.74, 6) is -0.420. The molecule has 0 aliphatic heterocycles. The Balaban J connectivity index is 2.19. The summed E-state index contributed by atoms with van der Waals surface area (Å²) in [5, 5.41) is 13.5. The maximum absolute atomic E-state index is 12.2.